The molecule has 4 nitrogen and oxygen atoms in total. The molecule has 0 rings (SSSR count). The number of hydrogen-bond donors (Lipinski definition) is 3. The van der Waals surface area contributed by atoms with Gasteiger partial charge in [-0.25, -0.2) is 0 Å². The molecule has 0 aromatic carbocycles. The molecule has 0 saturated carbocycles. The maximum Gasteiger partial charge on any atom is 1.00 e. The SMILES string of the molecule is O=C(O)CNCCCO.[Na+]. The van der Waals surface area contributed by atoms with Crippen molar-refractivity contribution in [2.45, 2.75) is 6.42 Å². The minimum Gasteiger partial charge on any atom is -0.480 e. The van der Waals surface area contributed by atoms with Crippen molar-refractivity contribution in [1.82, 2.24) is 5.32 Å². The molecule has 54 valence electrons. The van der Waals surface area contributed by atoms with Gasteiger partial charge in [0.1, 0.15) is 0 Å². The van der Waals surface area contributed by atoms with Gasteiger partial charge in [-0.3, -0.25) is 4.79 Å². The first-order chi connectivity index (χ1) is 4.27. The number of carboxylic acids is 1. The van der Waals surface area contributed by atoms with Gasteiger partial charge >= 0.3 is 35.5 Å². The summed E-state index contributed by atoms with van der Waals surface area (Å²) in [5.74, 6) is -0.868. The number of carboxylic acid groups (broad SMARTS) is 1. The van der Waals surface area contributed by atoms with E-state index >= 15 is 0 Å². The average molecular weight is 156 g/mol. The third-order valence-electron chi connectivity index (χ3n) is 0.788. The summed E-state index contributed by atoms with van der Waals surface area (Å²) < 4.78 is 0. The molecular formula is C5H11NNaO3+. The zero-order chi connectivity index (χ0) is 7.11. The molecule has 0 heterocycles. The first-order valence-corrected chi connectivity index (χ1v) is 2.80. The van der Waals surface area contributed by atoms with Gasteiger partial charge in [-0.05, 0) is 13.0 Å². The van der Waals surface area contributed by atoms with Crippen LogP contribution in [0.15, 0.2) is 0 Å². The second kappa shape index (κ2) is 9.39. The summed E-state index contributed by atoms with van der Waals surface area (Å²) in [7, 11) is 0. The minimum atomic E-state index is -0.868. The van der Waals surface area contributed by atoms with Gasteiger partial charge in [0, 0.05) is 6.61 Å². The molecule has 0 amide bonds. The van der Waals surface area contributed by atoms with Crippen LogP contribution in [0.25, 0.3) is 0 Å². The number of aliphatic hydroxyl groups excluding tert-OH is 1. The van der Waals surface area contributed by atoms with Crippen LogP contribution < -0.4 is 34.9 Å². The van der Waals surface area contributed by atoms with Crippen LogP contribution in [0, 0.1) is 0 Å². The van der Waals surface area contributed by atoms with Crippen molar-refractivity contribution in [1.29, 1.82) is 0 Å². The smallest absolute Gasteiger partial charge is 0.480 e. The van der Waals surface area contributed by atoms with Crippen LogP contribution in [0.1, 0.15) is 6.42 Å². The first kappa shape index (κ1) is 13.0. The Balaban J connectivity index is 0. The predicted octanol–water partition coefficient (Wildman–Crippen LogP) is -3.95. The Morgan fingerprint density at radius 1 is 1.50 bits per heavy atom. The van der Waals surface area contributed by atoms with Crippen LogP contribution >= 0.6 is 0 Å². The fourth-order valence-corrected chi connectivity index (χ4v) is 0.399. The molecule has 0 spiro atoms. The van der Waals surface area contributed by atoms with E-state index in [-0.39, 0.29) is 42.7 Å². The van der Waals surface area contributed by atoms with Gasteiger partial charge in [0.15, 0.2) is 0 Å². The van der Waals surface area contributed by atoms with Crippen molar-refractivity contribution in [2.24, 2.45) is 0 Å². The Labute approximate surface area is 81.9 Å². The molecule has 0 radical (unpaired) electrons. The normalized spacial score (nSPS) is 8.50. The average Bonchev–Trinajstić information content (AvgIpc) is 1.80. The van der Waals surface area contributed by atoms with Crippen molar-refractivity contribution < 1.29 is 44.6 Å². The molecule has 10 heavy (non-hydrogen) atoms. The van der Waals surface area contributed by atoms with Gasteiger partial charge in [0.05, 0.1) is 6.54 Å². The number of hydrogen-bond acceptors (Lipinski definition) is 3. The van der Waals surface area contributed by atoms with E-state index in [0.717, 1.165) is 0 Å². The molecule has 0 saturated heterocycles. The Morgan fingerprint density at radius 3 is 2.50 bits per heavy atom. The van der Waals surface area contributed by atoms with Crippen LogP contribution in [-0.2, 0) is 4.79 Å². The summed E-state index contributed by atoms with van der Waals surface area (Å²) in [5.41, 5.74) is 0. The van der Waals surface area contributed by atoms with Crippen LogP contribution in [0.5, 0.6) is 0 Å². The number of nitrogens with one attached hydrogen (secondary N) is 1. The third kappa shape index (κ3) is 11.2. The Kier molecular flexibility index (Phi) is 12.2. The first-order valence-electron chi connectivity index (χ1n) is 2.80. The molecule has 0 aliphatic heterocycles. The molecule has 0 aliphatic carbocycles. The monoisotopic (exact) mass is 156 g/mol. The van der Waals surface area contributed by atoms with Gasteiger partial charge in [-0.2, -0.15) is 0 Å². The van der Waals surface area contributed by atoms with Crippen molar-refractivity contribution in [3.63, 3.8) is 0 Å². The fourth-order valence-electron chi connectivity index (χ4n) is 0.399. The molecule has 0 bridgehead atoms. The molecule has 0 atom stereocenters. The van der Waals surface area contributed by atoms with E-state index in [1.807, 2.05) is 0 Å². The molecule has 3 N–H and O–H groups in total. The van der Waals surface area contributed by atoms with Crippen LogP contribution in [0.3, 0.4) is 0 Å². The quantitative estimate of drug-likeness (QED) is 0.281. The maximum absolute atomic E-state index is 9.84. The predicted molar refractivity (Wildman–Crippen MR) is 32.2 cm³/mol. The summed E-state index contributed by atoms with van der Waals surface area (Å²) in [4.78, 5) is 9.84. The Morgan fingerprint density at radius 2 is 2.10 bits per heavy atom. The summed E-state index contributed by atoms with van der Waals surface area (Å²) in [5, 5.41) is 19.0. The van der Waals surface area contributed by atoms with Gasteiger partial charge in [0.2, 0.25) is 0 Å². The second-order valence-electron chi connectivity index (χ2n) is 1.65. The van der Waals surface area contributed by atoms with E-state index in [1.54, 1.807) is 0 Å². The van der Waals surface area contributed by atoms with Crippen LogP contribution in [-0.4, -0.2) is 35.9 Å². The van der Waals surface area contributed by atoms with E-state index in [1.165, 1.54) is 0 Å². The molecule has 0 aromatic rings. The fraction of sp³-hybridized carbons (Fsp3) is 0.800. The summed E-state index contributed by atoms with van der Waals surface area (Å²) in [6.07, 6.45) is 0.604. The molecule has 0 fully saturated rings. The molecule has 0 aromatic heterocycles. The van der Waals surface area contributed by atoms with E-state index in [4.69, 9.17) is 10.2 Å². The topological polar surface area (TPSA) is 69.6 Å². The van der Waals surface area contributed by atoms with Gasteiger partial charge in [-0.1, -0.05) is 0 Å². The Bertz CT molecular complexity index is 89.0. The summed E-state index contributed by atoms with van der Waals surface area (Å²) in [6, 6.07) is 0. The van der Waals surface area contributed by atoms with Crippen molar-refractivity contribution in [3.8, 4) is 0 Å². The number of rotatable bonds is 5. The zero-order valence-electron chi connectivity index (χ0n) is 6.13. The number of aliphatic carboxylic acids is 1. The Hall–Kier alpha value is 0.390. The van der Waals surface area contributed by atoms with Gasteiger partial charge in [0.25, 0.3) is 0 Å². The zero-order valence-corrected chi connectivity index (χ0v) is 8.13. The summed E-state index contributed by atoms with van der Waals surface area (Å²) in [6.45, 7) is 0.634. The second-order valence-corrected chi connectivity index (χ2v) is 1.65. The van der Waals surface area contributed by atoms with Gasteiger partial charge < -0.3 is 15.5 Å². The molecule has 0 aliphatic rings. The van der Waals surface area contributed by atoms with E-state index < -0.39 is 5.97 Å². The number of carbonyl (C=O) groups is 1. The third-order valence-corrected chi connectivity index (χ3v) is 0.788. The van der Waals surface area contributed by atoms with Crippen molar-refractivity contribution >= 4 is 5.97 Å². The van der Waals surface area contributed by atoms with E-state index in [2.05, 4.69) is 5.32 Å². The maximum atomic E-state index is 9.84. The number of aliphatic hydroxyl groups is 1. The van der Waals surface area contributed by atoms with Crippen molar-refractivity contribution in [2.75, 3.05) is 19.7 Å². The largest absolute Gasteiger partial charge is 1.00 e. The molecule has 5 heteroatoms. The van der Waals surface area contributed by atoms with Crippen LogP contribution in [0.2, 0.25) is 0 Å². The standard InChI is InChI=1S/C5H11NO3.Na/c7-3-1-2-6-4-5(8)9;/h6-7H,1-4H2,(H,8,9);/q;+1. The van der Waals surface area contributed by atoms with E-state index in [0.29, 0.717) is 13.0 Å². The van der Waals surface area contributed by atoms with E-state index in [9.17, 15) is 4.79 Å². The summed E-state index contributed by atoms with van der Waals surface area (Å²) >= 11 is 0. The molecule has 0 unspecified atom stereocenters. The molecular weight excluding hydrogens is 145 g/mol. The van der Waals surface area contributed by atoms with Crippen LogP contribution in [0.4, 0.5) is 0 Å². The minimum absolute atomic E-state index is 0. The van der Waals surface area contributed by atoms with Gasteiger partial charge in [-0.15, -0.1) is 0 Å². The van der Waals surface area contributed by atoms with Crippen molar-refractivity contribution in [3.05, 3.63) is 0 Å².